The molecule has 2 heterocycles. The molecule has 0 unspecified atom stereocenters. The van der Waals surface area contributed by atoms with Gasteiger partial charge in [0.05, 0.1) is 6.61 Å². The molecule has 2 saturated heterocycles. The lowest BCUT2D eigenvalue weighted by Crippen LogP contribution is -2.36. The molecule has 2 fully saturated rings. The molecule has 0 aromatic heterocycles. The number of nitrogens with zero attached hydrogens (tertiary/aromatic N) is 2. The second-order valence-electron chi connectivity index (χ2n) is 7.57. The van der Waals surface area contributed by atoms with E-state index in [4.69, 9.17) is 9.47 Å². The number of hydrogen-bond donors (Lipinski definition) is 1. The van der Waals surface area contributed by atoms with Gasteiger partial charge in [-0.15, -0.1) is 0 Å². The Hall–Kier alpha value is -1.14. The second kappa shape index (κ2) is 10.9. The molecule has 3 rings (SSSR count). The molecule has 5 nitrogen and oxygen atoms in total. The van der Waals surface area contributed by atoms with Crippen molar-refractivity contribution < 1.29 is 14.6 Å². The van der Waals surface area contributed by atoms with Gasteiger partial charge in [0.2, 0.25) is 0 Å². The van der Waals surface area contributed by atoms with E-state index < -0.39 is 6.10 Å². The Bertz CT molecular complexity index is 510. The van der Waals surface area contributed by atoms with Crippen LogP contribution in [0.5, 0.6) is 5.75 Å². The summed E-state index contributed by atoms with van der Waals surface area (Å²) < 4.78 is 11.4. The van der Waals surface area contributed by atoms with E-state index in [-0.39, 0.29) is 0 Å². The average Bonchev–Trinajstić information content (AvgIpc) is 3.05. The number of aliphatic hydroxyl groups is 1. The van der Waals surface area contributed by atoms with E-state index >= 15 is 0 Å². The van der Waals surface area contributed by atoms with E-state index in [1.165, 1.54) is 31.2 Å². The van der Waals surface area contributed by atoms with Crippen LogP contribution < -0.4 is 4.74 Å². The molecule has 0 saturated carbocycles. The molecule has 26 heavy (non-hydrogen) atoms. The first-order valence-corrected chi connectivity index (χ1v) is 10.2. The number of benzene rings is 1. The number of β-amino-alcohol motifs (C(OH)–C–C–N with tert-alkyl or cyclic N) is 1. The topological polar surface area (TPSA) is 45.2 Å². The lowest BCUT2D eigenvalue weighted by molar-refractivity contribution is 0.0693. The predicted molar refractivity (Wildman–Crippen MR) is 104 cm³/mol. The highest BCUT2D eigenvalue weighted by molar-refractivity contribution is 5.28. The molecule has 1 aromatic carbocycles. The Balaban J connectivity index is 1.43. The molecule has 1 N–H and O–H groups in total. The van der Waals surface area contributed by atoms with Crippen LogP contribution in [-0.2, 0) is 11.3 Å². The number of aliphatic hydroxyl groups excluding tert-OH is 1. The minimum absolute atomic E-state index is 0.359. The van der Waals surface area contributed by atoms with Crippen LogP contribution in [0.2, 0.25) is 0 Å². The van der Waals surface area contributed by atoms with Crippen LogP contribution in [0.3, 0.4) is 0 Å². The van der Waals surface area contributed by atoms with Crippen LogP contribution in [0.4, 0.5) is 0 Å². The fraction of sp³-hybridized carbons (Fsp3) is 0.714. The van der Waals surface area contributed by atoms with Crippen molar-refractivity contribution in [2.24, 2.45) is 0 Å². The zero-order valence-electron chi connectivity index (χ0n) is 15.9. The van der Waals surface area contributed by atoms with E-state index in [9.17, 15) is 5.11 Å². The highest BCUT2D eigenvalue weighted by atomic mass is 16.5. The van der Waals surface area contributed by atoms with Gasteiger partial charge in [-0.25, -0.2) is 0 Å². The zero-order chi connectivity index (χ0) is 18.0. The van der Waals surface area contributed by atoms with Crippen molar-refractivity contribution in [2.45, 2.75) is 44.8 Å². The van der Waals surface area contributed by atoms with E-state index in [2.05, 4.69) is 21.9 Å². The van der Waals surface area contributed by atoms with E-state index in [0.29, 0.717) is 13.2 Å². The first-order chi connectivity index (χ1) is 12.8. The third-order valence-electron chi connectivity index (χ3n) is 5.23. The smallest absolute Gasteiger partial charge is 0.119 e. The van der Waals surface area contributed by atoms with Crippen molar-refractivity contribution in [2.75, 3.05) is 52.5 Å². The van der Waals surface area contributed by atoms with Crippen molar-refractivity contribution in [3.05, 3.63) is 29.8 Å². The van der Waals surface area contributed by atoms with E-state index in [0.717, 1.165) is 58.1 Å². The number of likely N-dealkylation sites (tertiary alicyclic amines) is 1. The zero-order valence-corrected chi connectivity index (χ0v) is 15.9. The molecule has 146 valence electrons. The summed E-state index contributed by atoms with van der Waals surface area (Å²) in [5.74, 6) is 0.850. The summed E-state index contributed by atoms with van der Waals surface area (Å²) in [6.45, 7) is 7.97. The molecular weight excluding hydrogens is 328 g/mol. The molecular formula is C21H34N2O3. The number of ether oxygens (including phenoxy) is 2. The quantitative estimate of drug-likeness (QED) is 0.808. The maximum Gasteiger partial charge on any atom is 0.119 e. The van der Waals surface area contributed by atoms with Crippen molar-refractivity contribution in [3.8, 4) is 5.75 Å². The molecule has 1 aromatic rings. The van der Waals surface area contributed by atoms with Gasteiger partial charge in [-0.05, 0) is 50.0 Å². The van der Waals surface area contributed by atoms with Crippen LogP contribution >= 0.6 is 0 Å². The highest BCUT2D eigenvalue weighted by Crippen LogP contribution is 2.16. The molecule has 1 atom stereocenters. The molecule has 5 heteroatoms. The van der Waals surface area contributed by atoms with E-state index in [1.807, 2.05) is 12.1 Å². The SMILES string of the molecule is O[C@H](COc1cccc(CN2CCCOCC2)c1)CN1CCCCCC1. The Morgan fingerprint density at radius 3 is 2.62 bits per heavy atom. The fourth-order valence-electron chi connectivity index (χ4n) is 3.81. The summed E-state index contributed by atoms with van der Waals surface area (Å²) >= 11 is 0. The van der Waals surface area contributed by atoms with Crippen LogP contribution in [-0.4, -0.2) is 73.6 Å². The Morgan fingerprint density at radius 2 is 1.77 bits per heavy atom. The van der Waals surface area contributed by atoms with Crippen molar-refractivity contribution in [3.63, 3.8) is 0 Å². The van der Waals surface area contributed by atoms with Gasteiger partial charge in [-0.3, -0.25) is 4.90 Å². The standard InChI is InChI=1S/C21H34N2O3/c24-20(17-22-9-3-1-2-4-10-22)18-26-21-8-5-7-19(15-21)16-23-11-6-13-25-14-12-23/h5,7-8,15,20,24H,1-4,6,9-14,16-18H2/t20-/m0/s1. The van der Waals surface area contributed by atoms with Gasteiger partial charge in [0.25, 0.3) is 0 Å². The van der Waals surface area contributed by atoms with Gasteiger partial charge in [0, 0.05) is 32.8 Å². The van der Waals surface area contributed by atoms with Crippen LogP contribution in [0.1, 0.15) is 37.7 Å². The predicted octanol–water partition coefficient (Wildman–Crippen LogP) is 2.52. The molecule has 0 amide bonds. The fourth-order valence-corrected chi connectivity index (χ4v) is 3.81. The van der Waals surface area contributed by atoms with Gasteiger partial charge in [0.1, 0.15) is 18.5 Å². The number of hydrogen-bond acceptors (Lipinski definition) is 5. The first kappa shape index (κ1) is 19.6. The van der Waals surface area contributed by atoms with Crippen LogP contribution in [0, 0.1) is 0 Å². The van der Waals surface area contributed by atoms with Crippen LogP contribution in [0.15, 0.2) is 24.3 Å². The lowest BCUT2D eigenvalue weighted by atomic mass is 10.2. The summed E-state index contributed by atoms with van der Waals surface area (Å²) in [5, 5.41) is 10.3. The molecule has 0 spiro atoms. The summed E-state index contributed by atoms with van der Waals surface area (Å²) in [4.78, 5) is 4.80. The second-order valence-corrected chi connectivity index (χ2v) is 7.57. The Kier molecular flexibility index (Phi) is 8.21. The maximum atomic E-state index is 10.3. The normalized spacial score (nSPS) is 21.7. The highest BCUT2D eigenvalue weighted by Gasteiger charge is 2.15. The van der Waals surface area contributed by atoms with Gasteiger partial charge in [-0.1, -0.05) is 25.0 Å². The minimum atomic E-state index is -0.431. The van der Waals surface area contributed by atoms with E-state index in [1.54, 1.807) is 0 Å². The Labute approximate surface area is 157 Å². The van der Waals surface area contributed by atoms with Crippen molar-refractivity contribution in [1.82, 2.24) is 9.80 Å². The van der Waals surface area contributed by atoms with Gasteiger partial charge < -0.3 is 19.5 Å². The van der Waals surface area contributed by atoms with Gasteiger partial charge in [0.15, 0.2) is 0 Å². The summed E-state index contributed by atoms with van der Waals surface area (Å²) in [7, 11) is 0. The minimum Gasteiger partial charge on any atom is -0.491 e. The molecule has 0 aliphatic carbocycles. The average molecular weight is 363 g/mol. The third kappa shape index (κ3) is 6.88. The monoisotopic (exact) mass is 362 g/mol. The summed E-state index contributed by atoms with van der Waals surface area (Å²) in [5.41, 5.74) is 1.26. The molecule has 2 aliphatic rings. The first-order valence-electron chi connectivity index (χ1n) is 10.2. The van der Waals surface area contributed by atoms with Crippen molar-refractivity contribution in [1.29, 1.82) is 0 Å². The largest absolute Gasteiger partial charge is 0.491 e. The Morgan fingerprint density at radius 1 is 0.962 bits per heavy atom. The number of rotatable bonds is 7. The third-order valence-corrected chi connectivity index (χ3v) is 5.23. The summed E-state index contributed by atoms with van der Waals surface area (Å²) in [6, 6.07) is 8.27. The van der Waals surface area contributed by atoms with Crippen LogP contribution in [0.25, 0.3) is 0 Å². The molecule has 0 radical (unpaired) electrons. The van der Waals surface area contributed by atoms with Crippen molar-refractivity contribution >= 4 is 0 Å². The van der Waals surface area contributed by atoms with Gasteiger partial charge >= 0.3 is 0 Å². The van der Waals surface area contributed by atoms with Gasteiger partial charge in [-0.2, -0.15) is 0 Å². The maximum absolute atomic E-state index is 10.3. The summed E-state index contributed by atoms with van der Waals surface area (Å²) in [6.07, 6.45) is 5.80. The lowest BCUT2D eigenvalue weighted by Gasteiger charge is -2.23. The molecule has 0 bridgehead atoms. The molecule has 2 aliphatic heterocycles.